The zero-order valence-electron chi connectivity index (χ0n) is 12.1. The average Bonchev–Trinajstić information content (AvgIpc) is 2.47. The number of esters is 1. The Labute approximate surface area is 127 Å². The summed E-state index contributed by atoms with van der Waals surface area (Å²) in [6.07, 6.45) is 2.35. The van der Waals surface area contributed by atoms with E-state index in [1.54, 1.807) is 0 Å². The molecule has 0 spiro atoms. The van der Waals surface area contributed by atoms with Crippen LogP contribution >= 0.6 is 11.6 Å². The molecular weight excluding hydrogens is 296 g/mol. The number of hydrogen-bond acceptors (Lipinski definition) is 6. The normalized spacial score (nSPS) is 22.2. The van der Waals surface area contributed by atoms with E-state index >= 15 is 0 Å². The Morgan fingerprint density at radius 3 is 2.95 bits per heavy atom. The van der Waals surface area contributed by atoms with Gasteiger partial charge in [-0.3, -0.25) is 9.59 Å². The van der Waals surface area contributed by atoms with Crippen LogP contribution in [0.1, 0.15) is 13.3 Å². The number of ether oxygens (including phenoxy) is 1. The van der Waals surface area contributed by atoms with Gasteiger partial charge in [-0.1, -0.05) is 18.5 Å². The summed E-state index contributed by atoms with van der Waals surface area (Å²) in [6.45, 7) is 3.27. The van der Waals surface area contributed by atoms with Gasteiger partial charge in [-0.2, -0.15) is 5.10 Å². The lowest BCUT2D eigenvalue weighted by Gasteiger charge is -2.36. The molecule has 2 rings (SSSR count). The fourth-order valence-electron chi connectivity index (χ4n) is 2.36. The summed E-state index contributed by atoms with van der Waals surface area (Å²) in [4.78, 5) is 25.4. The number of methoxy groups -OCH3 is 1. The third kappa shape index (κ3) is 3.36. The lowest BCUT2D eigenvalue weighted by Crippen LogP contribution is -2.46. The Hall–Kier alpha value is -1.60. The zero-order chi connectivity index (χ0) is 15.6. The lowest BCUT2D eigenvalue weighted by molar-refractivity contribution is -0.141. The van der Waals surface area contributed by atoms with E-state index in [1.165, 1.54) is 13.3 Å². The minimum Gasteiger partial charge on any atom is -0.468 e. The second kappa shape index (κ2) is 6.44. The molecule has 1 aliphatic heterocycles. The van der Waals surface area contributed by atoms with Crippen LogP contribution in [0.4, 0.5) is 5.69 Å². The molecule has 2 unspecified atom stereocenters. The smallest absolute Gasteiger partial charge is 0.327 e. The quantitative estimate of drug-likeness (QED) is 0.804. The van der Waals surface area contributed by atoms with Crippen molar-refractivity contribution in [2.75, 3.05) is 25.1 Å². The highest BCUT2D eigenvalue weighted by molar-refractivity contribution is 6.33. The SMILES string of the molecule is COC(=O)Cn1ncc(N2CCC(N)C(C)C2)c(Cl)c1=O. The van der Waals surface area contributed by atoms with Crippen LogP contribution in [-0.4, -0.2) is 42.0 Å². The van der Waals surface area contributed by atoms with Gasteiger partial charge in [0.1, 0.15) is 11.6 Å². The predicted octanol–water partition coefficient (Wildman–Crippen LogP) is 0.243. The first-order valence-electron chi connectivity index (χ1n) is 6.77. The van der Waals surface area contributed by atoms with Crippen molar-refractivity contribution in [3.05, 3.63) is 21.6 Å². The summed E-state index contributed by atoms with van der Waals surface area (Å²) in [6, 6.07) is 0.160. The molecule has 0 aromatic carbocycles. The molecule has 8 heteroatoms. The molecule has 0 amide bonds. The Balaban J connectivity index is 2.25. The second-order valence-electron chi connectivity index (χ2n) is 5.26. The van der Waals surface area contributed by atoms with Gasteiger partial charge in [-0.25, -0.2) is 4.68 Å². The number of carbonyl (C=O) groups is 1. The number of rotatable bonds is 3. The van der Waals surface area contributed by atoms with Gasteiger partial charge in [-0.05, 0) is 12.3 Å². The first kappa shape index (κ1) is 15.8. The molecule has 0 bridgehead atoms. The molecular formula is C13H19ClN4O3. The summed E-state index contributed by atoms with van der Waals surface area (Å²) in [7, 11) is 1.25. The van der Waals surface area contributed by atoms with E-state index in [9.17, 15) is 9.59 Å². The van der Waals surface area contributed by atoms with E-state index < -0.39 is 11.5 Å². The number of nitrogens with zero attached hydrogens (tertiary/aromatic N) is 3. The number of anilines is 1. The van der Waals surface area contributed by atoms with Crippen molar-refractivity contribution in [1.82, 2.24) is 9.78 Å². The highest BCUT2D eigenvalue weighted by Gasteiger charge is 2.26. The van der Waals surface area contributed by atoms with Crippen LogP contribution in [0.15, 0.2) is 11.0 Å². The zero-order valence-corrected chi connectivity index (χ0v) is 12.8. The van der Waals surface area contributed by atoms with Gasteiger partial charge in [0, 0.05) is 19.1 Å². The van der Waals surface area contributed by atoms with E-state index in [1.807, 2.05) is 4.90 Å². The van der Waals surface area contributed by atoms with E-state index in [4.69, 9.17) is 17.3 Å². The minimum absolute atomic E-state index is 0.0663. The Morgan fingerprint density at radius 1 is 1.62 bits per heavy atom. The summed E-state index contributed by atoms with van der Waals surface area (Å²) >= 11 is 6.14. The molecule has 21 heavy (non-hydrogen) atoms. The fourth-order valence-corrected chi connectivity index (χ4v) is 2.62. The van der Waals surface area contributed by atoms with Gasteiger partial charge in [0.25, 0.3) is 5.56 Å². The van der Waals surface area contributed by atoms with Crippen LogP contribution < -0.4 is 16.2 Å². The highest BCUT2D eigenvalue weighted by Crippen LogP contribution is 2.26. The van der Waals surface area contributed by atoms with Crippen molar-refractivity contribution >= 4 is 23.3 Å². The molecule has 1 fully saturated rings. The summed E-state index contributed by atoms with van der Waals surface area (Å²) in [5, 5.41) is 4.06. The highest BCUT2D eigenvalue weighted by atomic mass is 35.5. The first-order chi connectivity index (χ1) is 9.93. The van der Waals surface area contributed by atoms with Crippen LogP contribution in [0.5, 0.6) is 0 Å². The molecule has 0 aliphatic carbocycles. The molecule has 2 atom stereocenters. The summed E-state index contributed by atoms with van der Waals surface area (Å²) in [5.74, 6) is -0.238. The van der Waals surface area contributed by atoms with Crippen LogP contribution in [0, 0.1) is 5.92 Å². The van der Waals surface area contributed by atoms with Crippen molar-refractivity contribution < 1.29 is 9.53 Å². The third-order valence-corrected chi connectivity index (χ3v) is 4.14. The maximum atomic E-state index is 12.1. The third-order valence-electron chi connectivity index (χ3n) is 3.79. The monoisotopic (exact) mass is 314 g/mol. The van der Waals surface area contributed by atoms with Crippen molar-refractivity contribution in [2.24, 2.45) is 11.7 Å². The number of carbonyl (C=O) groups excluding carboxylic acids is 1. The summed E-state index contributed by atoms with van der Waals surface area (Å²) < 4.78 is 5.51. The number of aromatic nitrogens is 2. The topological polar surface area (TPSA) is 90.5 Å². The molecule has 1 aromatic heterocycles. The van der Waals surface area contributed by atoms with Crippen LogP contribution in [-0.2, 0) is 16.1 Å². The molecule has 2 heterocycles. The lowest BCUT2D eigenvalue weighted by atomic mass is 9.94. The average molecular weight is 315 g/mol. The van der Waals surface area contributed by atoms with Gasteiger partial charge < -0.3 is 15.4 Å². The molecule has 0 radical (unpaired) electrons. The largest absolute Gasteiger partial charge is 0.468 e. The maximum Gasteiger partial charge on any atom is 0.327 e. The predicted molar refractivity (Wildman–Crippen MR) is 79.5 cm³/mol. The fraction of sp³-hybridized carbons (Fsp3) is 0.615. The van der Waals surface area contributed by atoms with Crippen LogP contribution in [0.3, 0.4) is 0 Å². The summed E-state index contributed by atoms with van der Waals surface area (Å²) in [5.41, 5.74) is 6.07. The number of piperidine rings is 1. The van der Waals surface area contributed by atoms with Crippen LogP contribution in [0.2, 0.25) is 5.02 Å². The first-order valence-corrected chi connectivity index (χ1v) is 7.14. The second-order valence-corrected chi connectivity index (χ2v) is 5.64. The molecule has 116 valence electrons. The molecule has 2 N–H and O–H groups in total. The molecule has 1 aromatic rings. The van der Waals surface area contributed by atoms with E-state index in [2.05, 4.69) is 16.8 Å². The minimum atomic E-state index is -0.550. The number of halogens is 1. The van der Waals surface area contributed by atoms with Crippen molar-refractivity contribution in [2.45, 2.75) is 25.9 Å². The Bertz CT molecular complexity index is 589. The van der Waals surface area contributed by atoms with Gasteiger partial charge in [-0.15, -0.1) is 0 Å². The van der Waals surface area contributed by atoms with Gasteiger partial charge in [0.05, 0.1) is 19.0 Å². The van der Waals surface area contributed by atoms with E-state index in [-0.39, 0.29) is 17.6 Å². The van der Waals surface area contributed by atoms with Crippen molar-refractivity contribution in [3.8, 4) is 0 Å². The standard InChI is InChI=1S/C13H19ClN4O3/c1-8-6-17(4-3-9(8)15)10-5-16-18(7-11(19)21-2)13(20)12(10)14/h5,8-9H,3-4,6-7,15H2,1-2H3. The Kier molecular flexibility index (Phi) is 4.84. The molecule has 0 saturated carbocycles. The Morgan fingerprint density at radius 2 is 2.33 bits per heavy atom. The van der Waals surface area contributed by atoms with Crippen molar-refractivity contribution in [1.29, 1.82) is 0 Å². The van der Waals surface area contributed by atoms with Gasteiger partial charge >= 0.3 is 5.97 Å². The number of nitrogens with two attached hydrogens (primary N) is 1. The van der Waals surface area contributed by atoms with E-state index in [0.29, 0.717) is 11.6 Å². The van der Waals surface area contributed by atoms with E-state index in [0.717, 1.165) is 24.2 Å². The molecule has 1 saturated heterocycles. The van der Waals surface area contributed by atoms with Gasteiger partial charge in [0.2, 0.25) is 0 Å². The number of hydrogen-bond donors (Lipinski definition) is 1. The van der Waals surface area contributed by atoms with Gasteiger partial charge in [0.15, 0.2) is 0 Å². The molecule has 1 aliphatic rings. The van der Waals surface area contributed by atoms with Crippen LogP contribution in [0.25, 0.3) is 0 Å². The van der Waals surface area contributed by atoms with Crippen molar-refractivity contribution in [3.63, 3.8) is 0 Å². The molecule has 7 nitrogen and oxygen atoms in total. The maximum absolute atomic E-state index is 12.1.